The Bertz CT molecular complexity index is 590. The number of hydrogen-bond acceptors (Lipinski definition) is 5. The molecule has 1 saturated heterocycles. The van der Waals surface area contributed by atoms with Crippen LogP contribution in [-0.4, -0.2) is 48.3 Å². The van der Waals surface area contributed by atoms with E-state index in [0.717, 1.165) is 23.7 Å². The summed E-state index contributed by atoms with van der Waals surface area (Å²) in [5.74, 6) is -0.0870. The van der Waals surface area contributed by atoms with E-state index in [9.17, 15) is 4.79 Å². The summed E-state index contributed by atoms with van der Waals surface area (Å²) in [7, 11) is 0. The summed E-state index contributed by atoms with van der Waals surface area (Å²) in [6.07, 6.45) is 3.80. The lowest BCUT2D eigenvalue weighted by Gasteiger charge is -2.33. The lowest BCUT2D eigenvalue weighted by molar-refractivity contribution is -0.131. The molecule has 1 amide bonds. The predicted octanol–water partition coefficient (Wildman–Crippen LogP) is 2.89. The SMILES string of the molecule is CC1CCCCN1CCNC(=O)C1CC(c2ccc(Cl)s2)=NO1. The molecule has 0 spiro atoms. The van der Waals surface area contributed by atoms with Crippen LogP contribution in [0.15, 0.2) is 17.3 Å². The minimum absolute atomic E-state index is 0.0870. The molecule has 2 aliphatic heterocycles. The second-order valence-electron chi connectivity index (χ2n) is 6.11. The van der Waals surface area contributed by atoms with Gasteiger partial charge < -0.3 is 10.2 Å². The van der Waals surface area contributed by atoms with Crippen molar-refractivity contribution in [1.82, 2.24) is 10.2 Å². The van der Waals surface area contributed by atoms with Crippen molar-refractivity contribution in [3.8, 4) is 0 Å². The van der Waals surface area contributed by atoms with E-state index in [1.54, 1.807) is 0 Å². The Morgan fingerprint density at radius 3 is 3.13 bits per heavy atom. The molecular weight excluding hydrogens is 334 g/mol. The fourth-order valence-corrected chi connectivity index (χ4v) is 4.09. The summed E-state index contributed by atoms with van der Waals surface area (Å²) in [5.41, 5.74) is 0.798. The van der Waals surface area contributed by atoms with Crippen LogP contribution in [0.25, 0.3) is 0 Å². The number of likely N-dealkylation sites (tertiary alicyclic amines) is 1. The molecule has 0 radical (unpaired) electrons. The zero-order chi connectivity index (χ0) is 16.2. The van der Waals surface area contributed by atoms with Crippen molar-refractivity contribution in [2.45, 2.75) is 44.8 Å². The summed E-state index contributed by atoms with van der Waals surface area (Å²) in [6, 6.07) is 4.35. The third kappa shape index (κ3) is 4.25. The molecule has 0 saturated carbocycles. The first-order valence-corrected chi connectivity index (χ1v) is 9.33. The van der Waals surface area contributed by atoms with Crippen molar-refractivity contribution in [2.24, 2.45) is 5.16 Å². The van der Waals surface area contributed by atoms with E-state index < -0.39 is 6.10 Å². The summed E-state index contributed by atoms with van der Waals surface area (Å²) >= 11 is 7.38. The summed E-state index contributed by atoms with van der Waals surface area (Å²) in [5, 5.41) is 7.00. The highest BCUT2D eigenvalue weighted by atomic mass is 35.5. The maximum atomic E-state index is 12.2. The van der Waals surface area contributed by atoms with Gasteiger partial charge in [-0.1, -0.05) is 23.2 Å². The van der Waals surface area contributed by atoms with Gasteiger partial charge >= 0.3 is 0 Å². The van der Waals surface area contributed by atoms with Gasteiger partial charge in [-0.2, -0.15) is 0 Å². The first-order chi connectivity index (χ1) is 11.1. The maximum Gasteiger partial charge on any atom is 0.264 e. The zero-order valence-electron chi connectivity index (χ0n) is 13.3. The predicted molar refractivity (Wildman–Crippen MR) is 93.3 cm³/mol. The molecule has 2 aliphatic rings. The van der Waals surface area contributed by atoms with E-state index in [4.69, 9.17) is 16.4 Å². The summed E-state index contributed by atoms with van der Waals surface area (Å²) < 4.78 is 0.714. The number of carbonyl (C=O) groups is 1. The van der Waals surface area contributed by atoms with Crippen LogP contribution in [0, 0.1) is 0 Å². The number of nitrogens with one attached hydrogen (secondary N) is 1. The number of oxime groups is 1. The number of rotatable bonds is 5. The normalized spacial score (nSPS) is 25.0. The number of thiophene rings is 1. The maximum absolute atomic E-state index is 12.2. The fourth-order valence-electron chi connectivity index (χ4n) is 3.06. The number of carbonyl (C=O) groups excluding carboxylic acids is 1. The molecule has 3 heterocycles. The monoisotopic (exact) mass is 355 g/mol. The van der Waals surface area contributed by atoms with E-state index in [1.807, 2.05) is 12.1 Å². The van der Waals surface area contributed by atoms with Crippen molar-refractivity contribution >= 4 is 34.6 Å². The summed E-state index contributed by atoms with van der Waals surface area (Å²) in [4.78, 5) is 20.9. The lowest BCUT2D eigenvalue weighted by Crippen LogP contribution is -2.44. The summed E-state index contributed by atoms with van der Waals surface area (Å²) in [6.45, 7) is 4.94. The zero-order valence-corrected chi connectivity index (χ0v) is 14.8. The minimum atomic E-state index is -0.523. The van der Waals surface area contributed by atoms with Crippen LogP contribution in [0.4, 0.5) is 0 Å². The Morgan fingerprint density at radius 1 is 1.52 bits per heavy atom. The first-order valence-electron chi connectivity index (χ1n) is 8.13. The van der Waals surface area contributed by atoms with Crippen LogP contribution in [-0.2, 0) is 9.63 Å². The number of amides is 1. The average Bonchev–Trinajstić information content (AvgIpc) is 3.18. The Balaban J connectivity index is 1.41. The number of nitrogens with zero attached hydrogens (tertiary/aromatic N) is 2. The van der Waals surface area contributed by atoms with Crippen LogP contribution in [0.1, 0.15) is 37.5 Å². The molecule has 1 fully saturated rings. The molecule has 2 unspecified atom stereocenters. The number of halogens is 1. The van der Waals surface area contributed by atoms with Gasteiger partial charge in [0.25, 0.3) is 5.91 Å². The van der Waals surface area contributed by atoms with E-state index in [1.165, 1.54) is 30.6 Å². The minimum Gasteiger partial charge on any atom is -0.382 e. The van der Waals surface area contributed by atoms with Gasteiger partial charge in [0.2, 0.25) is 6.10 Å². The standard InChI is InChI=1S/C16H22ClN3O2S/c1-11-4-2-3-8-20(11)9-7-18-16(21)13-10-12(19-22-13)14-5-6-15(17)23-14/h5-6,11,13H,2-4,7-10H2,1H3,(H,18,21). The Morgan fingerprint density at radius 2 is 2.39 bits per heavy atom. The molecule has 0 aliphatic carbocycles. The molecule has 1 N–H and O–H groups in total. The van der Waals surface area contributed by atoms with Crippen LogP contribution in [0.2, 0.25) is 4.34 Å². The van der Waals surface area contributed by atoms with E-state index >= 15 is 0 Å². The molecule has 1 aromatic rings. The van der Waals surface area contributed by atoms with Gasteiger partial charge in [-0.25, -0.2) is 0 Å². The highest BCUT2D eigenvalue weighted by Crippen LogP contribution is 2.26. The van der Waals surface area contributed by atoms with Gasteiger partial charge in [-0.15, -0.1) is 11.3 Å². The van der Waals surface area contributed by atoms with Gasteiger partial charge in [0.1, 0.15) is 5.71 Å². The molecule has 5 nitrogen and oxygen atoms in total. The Kier molecular flexibility index (Phi) is 5.56. The van der Waals surface area contributed by atoms with Gasteiger partial charge in [-0.05, 0) is 38.4 Å². The third-order valence-corrected chi connectivity index (χ3v) is 5.74. The van der Waals surface area contributed by atoms with Crippen molar-refractivity contribution in [3.63, 3.8) is 0 Å². The lowest BCUT2D eigenvalue weighted by atomic mass is 10.0. The topological polar surface area (TPSA) is 53.9 Å². The van der Waals surface area contributed by atoms with Crippen LogP contribution < -0.4 is 5.32 Å². The van der Waals surface area contributed by atoms with Crippen LogP contribution in [0.3, 0.4) is 0 Å². The van der Waals surface area contributed by atoms with Gasteiger partial charge in [0.15, 0.2) is 0 Å². The third-order valence-electron chi connectivity index (χ3n) is 4.46. The molecule has 1 aromatic heterocycles. The second kappa shape index (κ2) is 7.64. The number of piperidine rings is 1. The van der Waals surface area contributed by atoms with E-state index in [-0.39, 0.29) is 5.91 Å². The molecule has 7 heteroatoms. The highest BCUT2D eigenvalue weighted by Gasteiger charge is 2.29. The van der Waals surface area contributed by atoms with E-state index in [2.05, 4.69) is 22.3 Å². The molecule has 0 aromatic carbocycles. The smallest absolute Gasteiger partial charge is 0.264 e. The van der Waals surface area contributed by atoms with Gasteiger partial charge in [0.05, 0.1) is 9.21 Å². The second-order valence-corrected chi connectivity index (χ2v) is 7.83. The van der Waals surface area contributed by atoms with Crippen LogP contribution >= 0.6 is 22.9 Å². The van der Waals surface area contributed by atoms with Crippen molar-refractivity contribution in [3.05, 3.63) is 21.3 Å². The molecule has 126 valence electrons. The van der Waals surface area contributed by atoms with E-state index in [0.29, 0.717) is 23.3 Å². The molecule has 3 rings (SSSR count). The quantitative estimate of drug-likeness (QED) is 0.883. The van der Waals surface area contributed by atoms with Gasteiger partial charge in [0, 0.05) is 25.6 Å². The fraction of sp³-hybridized carbons (Fsp3) is 0.625. The average molecular weight is 356 g/mol. The van der Waals surface area contributed by atoms with Crippen LogP contribution in [0.5, 0.6) is 0 Å². The Labute approximate surface area is 145 Å². The highest BCUT2D eigenvalue weighted by molar-refractivity contribution is 7.18. The molecular formula is C16H22ClN3O2S. The Hall–Kier alpha value is -1.11. The van der Waals surface area contributed by atoms with Gasteiger partial charge in [-0.3, -0.25) is 9.69 Å². The van der Waals surface area contributed by atoms with Crippen molar-refractivity contribution < 1.29 is 9.63 Å². The van der Waals surface area contributed by atoms with Crippen molar-refractivity contribution in [2.75, 3.05) is 19.6 Å². The van der Waals surface area contributed by atoms with Crippen molar-refractivity contribution in [1.29, 1.82) is 0 Å². The number of hydrogen-bond donors (Lipinski definition) is 1. The molecule has 2 atom stereocenters. The molecule has 23 heavy (non-hydrogen) atoms. The molecule has 0 bridgehead atoms. The largest absolute Gasteiger partial charge is 0.382 e. The first kappa shape index (κ1) is 16.7.